The van der Waals surface area contributed by atoms with Crippen LogP contribution in [0.25, 0.3) is 11.3 Å². The fourth-order valence-electron chi connectivity index (χ4n) is 5.15. The molecule has 0 unspecified atom stereocenters. The van der Waals surface area contributed by atoms with Gasteiger partial charge in [0.05, 0.1) is 29.9 Å². The van der Waals surface area contributed by atoms with E-state index in [1.807, 2.05) is 0 Å². The molecular weight excluding hydrogens is 577 g/mol. The SMILES string of the molecule is O=C(CN1Cc2c(F)cc(-c3nc(CC4CCOCC4)ncc3Cl)cc2C1=O)N[C@H](CO)c1cccc(OC(F)F)c1. The summed E-state index contributed by atoms with van der Waals surface area (Å²) in [5.74, 6) is -1.02. The van der Waals surface area contributed by atoms with Gasteiger partial charge in [0.25, 0.3) is 5.91 Å². The molecule has 5 rings (SSSR count). The van der Waals surface area contributed by atoms with Gasteiger partial charge in [0, 0.05) is 42.5 Å². The van der Waals surface area contributed by atoms with Gasteiger partial charge in [-0.25, -0.2) is 14.4 Å². The van der Waals surface area contributed by atoms with Gasteiger partial charge >= 0.3 is 6.61 Å². The number of amides is 2. The van der Waals surface area contributed by atoms with Crippen molar-refractivity contribution in [1.82, 2.24) is 20.2 Å². The van der Waals surface area contributed by atoms with E-state index in [2.05, 4.69) is 20.0 Å². The molecule has 2 aliphatic rings. The van der Waals surface area contributed by atoms with E-state index in [1.165, 1.54) is 47.5 Å². The first-order chi connectivity index (χ1) is 20.2. The predicted molar refractivity (Wildman–Crippen MR) is 145 cm³/mol. The number of hydrogen-bond acceptors (Lipinski definition) is 7. The standard InChI is InChI=1S/C29H28ClF3N4O5/c30-22-12-34-25(8-16-4-6-41-7-5-16)36-27(22)18-10-20-21(23(31)11-18)13-37(28(20)40)14-26(39)35-24(15-38)17-2-1-3-19(9-17)42-29(32)33/h1-3,9-12,16,24,29,38H,4-8,13-15H2,(H,35,39)/t24-/m1/s1. The van der Waals surface area contributed by atoms with Crippen molar-refractivity contribution in [1.29, 1.82) is 0 Å². The zero-order chi connectivity index (χ0) is 29.8. The first kappa shape index (κ1) is 29.7. The molecular formula is C29H28ClF3N4O5. The Bertz CT molecular complexity index is 1470. The predicted octanol–water partition coefficient (Wildman–Crippen LogP) is 4.31. The maximum absolute atomic E-state index is 15.3. The molecule has 3 heterocycles. The Morgan fingerprint density at radius 2 is 2.02 bits per heavy atom. The number of nitrogens with zero attached hydrogens (tertiary/aromatic N) is 3. The van der Waals surface area contributed by atoms with Crippen LogP contribution in [-0.4, -0.2) is 64.8 Å². The van der Waals surface area contributed by atoms with Crippen LogP contribution in [0.4, 0.5) is 13.2 Å². The van der Waals surface area contributed by atoms with E-state index in [9.17, 15) is 23.5 Å². The minimum atomic E-state index is -3.03. The molecule has 0 radical (unpaired) electrons. The lowest BCUT2D eigenvalue weighted by Gasteiger charge is -2.21. The Morgan fingerprint density at radius 1 is 1.24 bits per heavy atom. The molecule has 1 fully saturated rings. The number of alkyl halides is 2. The topological polar surface area (TPSA) is 114 Å². The van der Waals surface area contributed by atoms with Crippen LogP contribution in [-0.2, 0) is 22.5 Å². The van der Waals surface area contributed by atoms with Gasteiger partial charge in [-0.05, 0) is 48.6 Å². The van der Waals surface area contributed by atoms with E-state index in [-0.39, 0.29) is 28.4 Å². The van der Waals surface area contributed by atoms with Gasteiger partial charge in [0.15, 0.2) is 0 Å². The van der Waals surface area contributed by atoms with E-state index in [0.29, 0.717) is 48.2 Å². The van der Waals surface area contributed by atoms with Crippen molar-refractivity contribution in [3.63, 3.8) is 0 Å². The summed E-state index contributed by atoms with van der Waals surface area (Å²) >= 11 is 6.38. The number of rotatable bonds is 10. The average Bonchev–Trinajstić information content (AvgIpc) is 3.28. The maximum atomic E-state index is 15.3. The summed E-state index contributed by atoms with van der Waals surface area (Å²) in [5, 5.41) is 12.6. The Balaban J connectivity index is 1.29. The Morgan fingerprint density at radius 3 is 2.76 bits per heavy atom. The van der Waals surface area contributed by atoms with Gasteiger partial charge in [-0.15, -0.1) is 0 Å². The second-order valence-corrected chi connectivity index (χ2v) is 10.5. The van der Waals surface area contributed by atoms with Crippen LogP contribution in [0.15, 0.2) is 42.6 Å². The highest BCUT2D eigenvalue weighted by Crippen LogP contribution is 2.33. The molecule has 222 valence electrons. The van der Waals surface area contributed by atoms with Crippen LogP contribution in [0.5, 0.6) is 5.75 Å². The summed E-state index contributed by atoms with van der Waals surface area (Å²) < 4.78 is 50.2. The normalized spacial score (nSPS) is 16.0. The highest BCUT2D eigenvalue weighted by molar-refractivity contribution is 6.32. The molecule has 1 atom stereocenters. The van der Waals surface area contributed by atoms with Gasteiger partial charge in [-0.2, -0.15) is 8.78 Å². The van der Waals surface area contributed by atoms with Crippen molar-refractivity contribution in [2.24, 2.45) is 5.92 Å². The van der Waals surface area contributed by atoms with E-state index in [0.717, 1.165) is 12.8 Å². The van der Waals surface area contributed by atoms with Crippen molar-refractivity contribution in [2.45, 2.75) is 38.5 Å². The first-order valence-electron chi connectivity index (χ1n) is 13.4. The molecule has 2 aromatic carbocycles. The summed E-state index contributed by atoms with van der Waals surface area (Å²) in [4.78, 5) is 36.1. The number of fused-ring (bicyclic) bond motifs is 1. The summed E-state index contributed by atoms with van der Waals surface area (Å²) in [6, 6.07) is 7.39. The van der Waals surface area contributed by atoms with Crippen molar-refractivity contribution >= 4 is 23.4 Å². The van der Waals surface area contributed by atoms with Crippen molar-refractivity contribution < 1.29 is 37.3 Å². The lowest BCUT2D eigenvalue weighted by Crippen LogP contribution is -2.40. The molecule has 0 spiro atoms. The number of carbonyl (C=O) groups is 2. The quantitative estimate of drug-likeness (QED) is 0.354. The molecule has 0 saturated carbocycles. The minimum Gasteiger partial charge on any atom is -0.435 e. The van der Waals surface area contributed by atoms with Crippen LogP contribution in [0.3, 0.4) is 0 Å². The van der Waals surface area contributed by atoms with Crippen molar-refractivity contribution in [2.75, 3.05) is 26.4 Å². The molecule has 0 bridgehead atoms. The smallest absolute Gasteiger partial charge is 0.387 e. The van der Waals surface area contributed by atoms with Gasteiger partial charge in [-0.3, -0.25) is 9.59 Å². The van der Waals surface area contributed by atoms with Crippen LogP contribution in [0.2, 0.25) is 5.02 Å². The summed E-state index contributed by atoms with van der Waals surface area (Å²) in [6.45, 7) is -2.76. The number of nitrogens with one attached hydrogen (secondary N) is 1. The number of aromatic nitrogens is 2. The van der Waals surface area contributed by atoms with Gasteiger partial charge in [0.1, 0.15) is 23.9 Å². The van der Waals surface area contributed by atoms with Crippen LogP contribution >= 0.6 is 11.6 Å². The Hall–Kier alpha value is -3.74. The molecule has 2 aliphatic heterocycles. The Labute approximate surface area is 244 Å². The molecule has 1 aromatic heterocycles. The van der Waals surface area contributed by atoms with E-state index >= 15 is 4.39 Å². The Kier molecular flexibility index (Phi) is 9.24. The number of aliphatic hydroxyl groups is 1. The number of aliphatic hydroxyl groups excluding tert-OH is 1. The number of carbonyl (C=O) groups excluding carboxylic acids is 2. The maximum Gasteiger partial charge on any atom is 0.387 e. The van der Waals surface area contributed by atoms with E-state index < -0.39 is 43.4 Å². The molecule has 42 heavy (non-hydrogen) atoms. The third-order valence-corrected chi connectivity index (χ3v) is 7.56. The zero-order valence-corrected chi connectivity index (χ0v) is 23.1. The van der Waals surface area contributed by atoms with Crippen molar-refractivity contribution in [3.8, 4) is 17.0 Å². The third kappa shape index (κ3) is 6.83. The number of ether oxygens (including phenoxy) is 2. The minimum absolute atomic E-state index is 0.0917. The van der Waals surface area contributed by atoms with Gasteiger partial charge in [0.2, 0.25) is 5.91 Å². The second-order valence-electron chi connectivity index (χ2n) is 10.1. The summed E-state index contributed by atoms with van der Waals surface area (Å²) in [5.41, 5.74) is 1.18. The van der Waals surface area contributed by atoms with Crippen LogP contribution < -0.4 is 10.1 Å². The number of benzene rings is 2. The molecule has 1 saturated heterocycles. The molecule has 0 aliphatic carbocycles. The van der Waals surface area contributed by atoms with Gasteiger partial charge < -0.3 is 24.8 Å². The van der Waals surface area contributed by atoms with E-state index in [4.69, 9.17) is 16.3 Å². The fraction of sp³-hybridized carbons (Fsp3) is 0.379. The molecule has 3 aromatic rings. The largest absolute Gasteiger partial charge is 0.435 e. The van der Waals surface area contributed by atoms with E-state index in [1.54, 1.807) is 0 Å². The summed E-state index contributed by atoms with van der Waals surface area (Å²) in [7, 11) is 0. The first-order valence-corrected chi connectivity index (χ1v) is 13.8. The average molecular weight is 605 g/mol. The highest BCUT2D eigenvalue weighted by Gasteiger charge is 2.33. The number of halogens is 4. The summed E-state index contributed by atoms with van der Waals surface area (Å²) in [6.07, 6.45) is 3.88. The molecule has 9 nitrogen and oxygen atoms in total. The second kappa shape index (κ2) is 13.1. The highest BCUT2D eigenvalue weighted by atomic mass is 35.5. The molecule has 2 amide bonds. The third-order valence-electron chi connectivity index (χ3n) is 7.28. The monoisotopic (exact) mass is 604 g/mol. The lowest BCUT2D eigenvalue weighted by atomic mass is 9.96. The van der Waals surface area contributed by atoms with Crippen molar-refractivity contribution in [3.05, 3.63) is 75.9 Å². The van der Waals surface area contributed by atoms with Crippen LogP contribution in [0, 0.1) is 11.7 Å². The number of hydrogen-bond donors (Lipinski definition) is 2. The molecule has 2 N–H and O–H groups in total. The van der Waals surface area contributed by atoms with Crippen LogP contribution in [0.1, 0.15) is 46.2 Å². The molecule has 13 heteroatoms. The lowest BCUT2D eigenvalue weighted by molar-refractivity contribution is -0.122. The zero-order valence-electron chi connectivity index (χ0n) is 22.4. The van der Waals surface area contributed by atoms with Gasteiger partial charge in [-0.1, -0.05) is 23.7 Å². The fourth-order valence-corrected chi connectivity index (χ4v) is 5.35.